The molecule has 0 bridgehead atoms. The lowest BCUT2D eigenvalue weighted by atomic mass is 10.1. The molecule has 1 aliphatic heterocycles. The Morgan fingerprint density at radius 3 is 2.45 bits per heavy atom. The van der Waals surface area contributed by atoms with E-state index < -0.39 is 5.97 Å². The molecule has 1 fully saturated rings. The summed E-state index contributed by atoms with van der Waals surface area (Å²) in [6.45, 7) is 3.01. The summed E-state index contributed by atoms with van der Waals surface area (Å²) >= 11 is 0. The minimum absolute atomic E-state index is 0.0977. The molecule has 0 saturated carbocycles. The van der Waals surface area contributed by atoms with E-state index in [1.165, 1.54) is 12.5 Å². The molecule has 22 heavy (non-hydrogen) atoms. The number of amides is 1. The highest BCUT2D eigenvalue weighted by molar-refractivity contribution is 5.94. The quantitative estimate of drug-likeness (QED) is 0.872. The molecule has 0 aliphatic carbocycles. The average molecular weight is 305 g/mol. The number of phenolic OH excluding ortho intramolecular Hbond substituents is 1. The first-order valence-corrected chi connectivity index (χ1v) is 7.82. The van der Waals surface area contributed by atoms with Crippen molar-refractivity contribution in [3.63, 3.8) is 0 Å². The predicted molar refractivity (Wildman–Crippen MR) is 82.8 cm³/mol. The van der Waals surface area contributed by atoms with Gasteiger partial charge >= 0.3 is 5.97 Å². The third-order valence-corrected chi connectivity index (χ3v) is 3.91. The molecule has 1 aliphatic rings. The fourth-order valence-electron chi connectivity index (χ4n) is 2.61. The van der Waals surface area contributed by atoms with Crippen molar-refractivity contribution < 1.29 is 19.4 Å². The summed E-state index contributed by atoms with van der Waals surface area (Å²) in [6.07, 6.45) is 5.50. The molecular weight excluding hydrogens is 282 g/mol. The van der Waals surface area contributed by atoms with Gasteiger partial charge in [-0.1, -0.05) is 30.9 Å². The van der Waals surface area contributed by atoms with Gasteiger partial charge in [-0.25, -0.2) is 4.79 Å². The number of carbonyl (C=O) groups is 2. The zero-order valence-electron chi connectivity index (χ0n) is 13.0. The van der Waals surface area contributed by atoms with Crippen LogP contribution in [0, 0.1) is 6.92 Å². The molecule has 1 amide bonds. The van der Waals surface area contributed by atoms with Crippen LogP contribution in [0.5, 0.6) is 5.75 Å². The first kappa shape index (κ1) is 16.3. The van der Waals surface area contributed by atoms with Gasteiger partial charge in [-0.3, -0.25) is 4.79 Å². The van der Waals surface area contributed by atoms with Crippen LogP contribution in [-0.2, 0) is 9.53 Å². The number of benzene rings is 1. The van der Waals surface area contributed by atoms with E-state index >= 15 is 0 Å². The zero-order valence-corrected chi connectivity index (χ0v) is 13.0. The Bertz CT molecular complexity index is 533. The highest BCUT2D eigenvalue weighted by Gasteiger charge is 2.18. The average Bonchev–Trinajstić information content (AvgIpc) is 2.46. The van der Waals surface area contributed by atoms with Crippen LogP contribution in [-0.4, -0.2) is 41.6 Å². The lowest BCUT2D eigenvalue weighted by molar-refractivity contribution is -0.134. The van der Waals surface area contributed by atoms with Crippen molar-refractivity contribution >= 4 is 11.9 Å². The molecule has 0 unspecified atom stereocenters. The third-order valence-electron chi connectivity index (χ3n) is 3.91. The maximum Gasteiger partial charge on any atom is 0.342 e. The summed E-state index contributed by atoms with van der Waals surface area (Å²) in [5.41, 5.74) is 0.945. The fraction of sp³-hybridized carbons (Fsp3) is 0.529. The van der Waals surface area contributed by atoms with E-state index in [-0.39, 0.29) is 23.8 Å². The molecule has 0 radical (unpaired) electrons. The Hall–Kier alpha value is -2.04. The Morgan fingerprint density at radius 1 is 1.14 bits per heavy atom. The van der Waals surface area contributed by atoms with Crippen LogP contribution in [0.1, 0.15) is 48.0 Å². The van der Waals surface area contributed by atoms with Crippen LogP contribution in [0.15, 0.2) is 18.2 Å². The van der Waals surface area contributed by atoms with Gasteiger partial charge < -0.3 is 14.7 Å². The molecule has 5 heteroatoms. The van der Waals surface area contributed by atoms with E-state index in [1.807, 2.05) is 6.92 Å². The maximum atomic E-state index is 12.1. The molecule has 0 spiro atoms. The summed E-state index contributed by atoms with van der Waals surface area (Å²) in [5, 5.41) is 9.69. The third kappa shape index (κ3) is 4.48. The minimum atomic E-state index is -0.665. The van der Waals surface area contributed by atoms with E-state index in [1.54, 1.807) is 17.0 Å². The van der Waals surface area contributed by atoms with Crippen molar-refractivity contribution in [1.82, 2.24) is 4.90 Å². The van der Waals surface area contributed by atoms with Gasteiger partial charge in [0.25, 0.3) is 5.91 Å². The summed E-state index contributed by atoms with van der Waals surface area (Å²) in [6, 6.07) is 4.71. The maximum absolute atomic E-state index is 12.1. The van der Waals surface area contributed by atoms with E-state index in [4.69, 9.17) is 4.74 Å². The number of hydrogen-bond donors (Lipinski definition) is 1. The van der Waals surface area contributed by atoms with Crippen molar-refractivity contribution in [1.29, 1.82) is 0 Å². The van der Waals surface area contributed by atoms with Crippen molar-refractivity contribution in [2.45, 2.75) is 39.0 Å². The number of esters is 1. The highest BCUT2D eigenvalue weighted by atomic mass is 16.5. The van der Waals surface area contributed by atoms with Gasteiger partial charge in [0.2, 0.25) is 0 Å². The first-order chi connectivity index (χ1) is 10.6. The molecule has 1 saturated heterocycles. The second-order valence-corrected chi connectivity index (χ2v) is 5.75. The number of nitrogens with zero attached hydrogens (tertiary/aromatic N) is 1. The monoisotopic (exact) mass is 305 g/mol. The lowest BCUT2D eigenvalue weighted by Crippen LogP contribution is -2.36. The lowest BCUT2D eigenvalue weighted by Gasteiger charge is -2.24. The van der Waals surface area contributed by atoms with Gasteiger partial charge in [-0.2, -0.15) is 0 Å². The molecule has 1 N–H and O–H groups in total. The molecule has 1 aromatic carbocycles. The summed E-state index contributed by atoms with van der Waals surface area (Å²) in [4.78, 5) is 25.9. The topological polar surface area (TPSA) is 66.8 Å². The van der Waals surface area contributed by atoms with E-state index in [0.29, 0.717) is 0 Å². The van der Waals surface area contributed by atoms with Crippen molar-refractivity contribution in [2.24, 2.45) is 0 Å². The Kier molecular flexibility index (Phi) is 5.81. The summed E-state index contributed by atoms with van der Waals surface area (Å²) < 4.78 is 5.06. The number of hydrogen-bond acceptors (Lipinski definition) is 4. The van der Waals surface area contributed by atoms with Gasteiger partial charge in [0.05, 0.1) is 0 Å². The molecular formula is C17H23NO4. The van der Waals surface area contributed by atoms with Crippen LogP contribution in [0.4, 0.5) is 0 Å². The summed E-state index contributed by atoms with van der Waals surface area (Å²) in [7, 11) is 0. The largest absolute Gasteiger partial charge is 0.507 e. The number of carbonyl (C=O) groups excluding carboxylic acids is 2. The number of rotatable bonds is 3. The van der Waals surface area contributed by atoms with Crippen molar-refractivity contribution in [3.05, 3.63) is 29.3 Å². The number of aryl methyl sites for hydroxylation is 1. The SMILES string of the molecule is Cc1ccc(O)c(C(=O)OCC(=O)N2CCCCCCC2)c1. The van der Waals surface area contributed by atoms with Gasteiger partial charge in [-0.15, -0.1) is 0 Å². The van der Waals surface area contributed by atoms with Crippen LogP contribution < -0.4 is 0 Å². The number of phenols is 1. The molecule has 1 aromatic rings. The fourth-order valence-corrected chi connectivity index (χ4v) is 2.61. The van der Waals surface area contributed by atoms with Crippen LogP contribution in [0.2, 0.25) is 0 Å². The van der Waals surface area contributed by atoms with Crippen molar-refractivity contribution in [2.75, 3.05) is 19.7 Å². The number of likely N-dealkylation sites (tertiary alicyclic amines) is 1. The van der Waals surface area contributed by atoms with Crippen molar-refractivity contribution in [3.8, 4) is 5.75 Å². The first-order valence-electron chi connectivity index (χ1n) is 7.82. The van der Waals surface area contributed by atoms with Crippen LogP contribution >= 0.6 is 0 Å². The van der Waals surface area contributed by atoms with Gasteiger partial charge in [0.1, 0.15) is 11.3 Å². The number of aromatic hydroxyl groups is 1. The molecule has 1 heterocycles. The standard InChI is InChI=1S/C17H23NO4/c1-13-7-8-15(19)14(11-13)17(21)22-12-16(20)18-9-5-3-2-4-6-10-18/h7-8,11,19H,2-6,9-10,12H2,1H3. The zero-order chi connectivity index (χ0) is 15.9. The second-order valence-electron chi connectivity index (χ2n) is 5.75. The molecule has 0 atom stereocenters. The van der Waals surface area contributed by atoms with E-state index in [2.05, 4.69) is 0 Å². The molecule has 5 nitrogen and oxygen atoms in total. The van der Waals surface area contributed by atoms with Gasteiger partial charge in [0, 0.05) is 13.1 Å². The predicted octanol–water partition coefficient (Wildman–Crippen LogP) is 2.65. The normalized spacial score (nSPS) is 15.8. The van der Waals surface area contributed by atoms with E-state index in [0.717, 1.165) is 44.3 Å². The van der Waals surface area contributed by atoms with Gasteiger partial charge in [-0.05, 0) is 31.9 Å². The van der Waals surface area contributed by atoms with Crippen LogP contribution in [0.3, 0.4) is 0 Å². The van der Waals surface area contributed by atoms with E-state index in [9.17, 15) is 14.7 Å². The minimum Gasteiger partial charge on any atom is -0.507 e. The smallest absolute Gasteiger partial charge is 0.342 e. The Labute approximate surface area is 130 Å². The Balaban J connectivity index is 1.89. The highest BCUT2D eigenvalue weighted by Crippen LogP contribution is 2.19. The second kappa shape index (κ2) is 7.82. The summed E-state index contributed by atoms with van der Waals surface area (Å²) in [5.74, 6) is -0.960. The molecule has 2 rings (SSSR count). The number of ether oxygens (including phenoxy) is 1. The molecule has 0 aromatic heterocycles. The molecule has 120 valence electrons. The van der Waals surface area contributed by atoms with Gasteiger partial charge in [0.15, 0.2) is 6.61 Å². The van der Waals surface area contributed by atoms with Crippen LogP contribution in [0.25, 0.3) is 0 Å². The Morgan fingerprint density at radius 2 is 1.77 bits per heavy atom.